The lowest BCUT2D eigenvalue weighted by molar-refractivity contribution is 0.0954. The monoisotopic (exact) mass is 389 g/mol. The Labute approximate surface area is 166 Å². The lowest BCUT2D eigenvalue weighted by Gasteiger charge is -2.07. The van der Waals surface area contributed by atoms with E-state index in [1.54, 1.807) is 17.4 Å². The molecular weight excluding hydrogens is 370 g/mol. The van der Waals surface area contributed by atoms with Crippen LogP contribution in [-0.4, -0.2) is 22.4 Å². The highest BCUT2D eigenvalue weighted by Crippen LogP contribution is 2.24. The molecule has 0 aliphatic heterocycles. The van der Waals surface area contributed by atoms with E-state index in [1.807, 2.05) is 60.8 Å². The number of nitrogens with one attached hydrogen (secondary N) is 2. The van der Waals surface area contributed by atoms with E-state index in [0.29, 0.717) is 24.1 Å². The number of thiazole rings is 1. The predicted molar refractivity (Wildman–Crippen MR) is 113 cm³/mol. The lowest BCUT2D eigenvalue weighted by atomic mass is 10.1. The second-order valence-electron chi connectivity index (χ2n) is 6.59. The zero-order valence-corrected chi connectivity index (χ0v) is 16.2. The summed E-state index contributed by atoms with van der Waals surface area (Å²) in [6, 6.07) is 17.0. The second-order valence-corrected chi connectivity index (χ2v) is 7.45. The molecule has 0 saturated heterocycles. The van der Waals surface area contributed by atoms with E-state index in [9.17, 15) is 9.59 Å². The van der Waals surface area contributed by atoms with Crippen LogP contribution in [0.2, 0.25) is 0 Å². The Kier molecular flexibility index (Phi) is 5.04. The number of pyridine rings is 1. The van der Waals surface area contributed by atoms with Crippen LogP contribution in [0.15, 0.2) is 64.8 Å². The molecule has 5 nitrogen and oxygen atoms in total. The van der Waals surface area contributed by atoms with Gasteiger partial charge in [-0.15, -0.1) is 11.3 Å². The third kappa shape index (κ3) is 3.87. The Hall–Kier alpha value is -3.25. The fourth-order valence-corrected chi connectivity index (χ4v) is 3.87. The van der Waals surface area contributed by atoms with Gasteiger partial charge in [-0.05, 0) is 43.0 Å². The van der Waals surface area contributed by atoms with Crippen LogP contribution >= 0.6 is 11.3 Å². The van der Waals surface area contributed by atoms with Crippen molar-refractivity contribution in [3.05, 3.63) is 87.2 Å². The number of hydrogen-bond acceptors (Lipinski definition) is 4. The minimum atomic E-state index is -0.160. The molecule has 0 spiro atoms. The molecular formula is C22H19N3O2S. The zero-order valence-electron chi connectivity index (χ0n) is 15.4. The first kappa shape index (κ1) is 18.1. The van der Waals surface area contributed by atoms with Crippen LogP contribution in [0, 0.1) is 6.92 Å². The molecule has 0 aliphatic carbocycles. The van der Waals surface area contributed by atoms with Gasteiger partial charge >= 0.3 is 0 Å². The highest BCUT2D eigenvalue weighted by atomic mass is 32.1. The molecule has 28 heavy (non-hydrogen) atoms. The van der Waals surface area contributed by atoms with Crippen LogP contribution < -0.4 is 10.9 Å². The molecule has 140 valence electrons. The maximum atomic E-state index is 12.5. The van der Waals surface area contributed by atoms with Crippen molar-refractivity contribution in [3.63, 3.8) is 0 Å². The van der Waals surface area contributed by atoms with Crippen molar-refractivity contribution in [2.75, 3.05) is 6.54 Å². The number of aromatic amines is 1. The largest absolute Gasteiger partial charge is 0.352 e. The number of para-hydroxylation sites is 1. The number of benzene rings is 2. The first-order valence-corrected chi connectivity index (χ1v) is 9.90. The van der Waals surface area contributed by atoms with Gasteiger partial charge in [0, 0.05) is 39.8 Å². The normalized spacial score (nSPS) is 10.9. The molecule has 2 N–H and O–H groups in total. The van der Waals surface area contributed by atoms with Gasteiger partial charge in [0.2, 0.25) is 0 Å². The Balaban J connectivity index is 1.44. The number of fused-ring (bicyclic) bond motifs is 1. The molecule has 4 rings (SSSR count). The van der Waals surface area contributed by atoms with E-state index in [0.717, 1.165) is 27.2 Å². The smallest absolute Gasteiger partial charge is 0.251 e. The van der Waals surface area contributed by atoms with Gasteiger partial charge in [0.05, 0.1) is 0 Å². The third-order valence-corrected chi connectivity index (χ3v) is 5.51. The number of carbonyl (C=O) groups is 1. The van der Waals surface area contributed by atoms with Crippen molar-refractivity contribution in [1.29, 1.82) is 0 Å². The number of aromatic nitrogens is 2. The predicted octanol–water partition coefficient (Wildman–Crippen LogP) is 3.93. The molecule has 0 aliphatic rings. The van der Waals surface area contributed by atoms with E-state index < -0.39 is 0 Å². The van der Waals surface area contributed by atoms with Gasteiger partial charge in [0.25, 0.3) is 11.5 Å². The van der Waals surface area contributed by atoms with E-state index in [1.165, 1.54) is 0 Å². The van der Waals surface area contributed by atoms with Crippen LogP contribution in [-0.2, 0) is 6.42 Å². The summed E-state index contributed by atoms with van der Waals surface area (Å²) in [5.41, 5.74) is 3.83. The van der Waals surface area contributed by atoms with Crippen LogP contribution in [0.4, 0.5) is 0 Å². The van der Waals surface area contributed by atoms with Gasteiger partial charge in [-0.1, -0.05) is 30.3 Å². The summed E-state index contributed by atoms with van der Waals surface area (Å²) >= 11 is 1.56. The molecule has 2 aromatic carbocycles. The summed E-state index contributed by atoms with van der Waals surface area (Å²) in [5, 5.41) is 6.77. The lowest BCUT2D eigenvalue weighted by Crippen LogP contribution is -2.27. The number of amides is 1. The summed E-state index contributed by atoms with van der Waals surface area (Å²) in [6.07, 6.45) is 0.470. The average Bonchev–Trinajstić information content (AvgIpc) is 3.15. The maximum absolute atomic E-state index is 12.5. The average molecular weight is 389 g/mol. The van der Waals surface area contributed by atoms with Crippen LogP contribution in [0.5, 0.6) is 0 Å². The molecule has 0 fully saturated rings. The van der Waals surface area contributed by atoms with E-state index in [2.05, 4.69) is 15.3 Å². The van der Waals surface area contributed by atoms with Gasteiger partial charge in [-0.3, -0.25) is 9.59 Å². The van der Waals surface area contributed by atoms with Crippen molar-refractivity contribution in [2.24, 2.45) is 0 Å². The van der Waals surface area contributed by atoms with Crippen LogP contribution in [0.1, 0.15) is 21.6 Å². The highest BCUT2D eigenvalue weighted by Gasteiger charge is 2.09. The van der Waals surface area contributed by atoms with Gasteiger partial charge < -0.3 is 10.3 Å². The third-order valence-electron chi connectivity index (χ3n) is 4.50. The molecule has 0 radical (unpaired) electrons. The summed E-state index contributed by atoms with van der Waals surface area (Å²) in [7, 11) is 0. The molecule has 0 atom stereocenters. The molecule has 0 saturated carbocycles. The Morgan fingerprint density at radius 1 is 1.14 bits per heavy atom. The maximum Gasteiger partial charge on any atom is 0.251 e. The number of carbonyl (C=O) groups excluding carboxylic acids is 1. The summed E-state index contributed by atoms with van der Waals surface area (Å²) in [4.78, 5) is 32.1. The molecule has 2 aromatic heterocycles. The van der Waals surface area contributed by atoms with E-state index >= 15 is 0 Å². The fourth-order valence-electron chi connectivity index (χ4n) is 3.07. The minimum absolute atomic E-state index is 0.117. The Bertz CT molecular complexity index is 1210. The first-order chi connectivity index (χ1) is 13.6. The number of aryl methyl sites for hydroxylation is 1. The molecule has 2 heterocycles. The minimum Gasteiger partial charge on any atom is -0.352 e. The SMILES string of the molecule is Cc1csc(-c2cccc(C(=O)NCCc3cc4ccccc4[nH]c3=O)c2)n1. The molecule has 1 amide bonds. The van der Waals surface area contributed by atoms with Gasteiger partial charge in [-0.25, -0.2) is 4.98 Å². The molecule has 4 aromatic rings. The summed E-state index contributed by atoms with van der Waals surface area (Å²) in [5.74, 6) is -0.160. The Morgan fingerprint density at radius 2 is 2.00 bits per heavy atom. The fraction of sp³-hybridized carbons (Fsp3) is 0.136. The molecule has 0 bridgehead atoms. The van der Waals surface area contributed by atoms with Gasteiger partial charge in [-0.2, -0.15) is 0 Å². The standard InChI is InChI=1S/C22H19N3O2S/c1-14-13-28-22(24-14)18-7-4-6-16(12-18)20(26)23-10-9-17-11-15-5-2-3-8-19(15)25-21(17)27/h2-8,11-13H,9-10H2,1H3,(H,23,26)(H,25,27). The van der Waals surface area contributed by atoms with Gasteiger partial charge in [0.1, 0.15) is 5.01 Å². The highest BCUT2D eigenvalue weighted by molar-refractivity contribution is 7.13. The summed E-state index contributed by atoms with van der Waals surface area (Å²) < 4.78 is 0. The molecule has 6 heteroatoms. The zero-order chi connectivity index (χ0) is 19.5. The topological polar surface area (TPSA) is 74.8 Å². The summed E-state index contributed by atoms with van der Waals surface area (Å²) in [6.45, 7) is 2.34. The van der Waals surface area contributed by atoms with Crippen molar-refractivity contribution in [1.82, 2.24) is 15.3 Å². The van der Waals surface area contributed by atoms with Crippen LogP contribution in [0.25, 0.3) is 21.5 Å². The van der Waals surface area contributed by atoms with Crippen molar-refractivity contribution < 1.29 is 4.79 Å². The van der Waals surface area contributed by atoms with E-state index in [-0.39, 0.29) is 11.5 Å². The Morgan fingerprint density at radius 3 is 2.82 bits per heavy atom. The number of rotatable bonds is 5. The molecule has 0 unspecified atom stereocenters. The quantitative estimate of drug-likeness (QED) is 0.543. The van der Waals surface area contributed by atoms with Crippen molar-refractivity contribution in [2.45, 2.75) is 13.3 Å². The number of nitrogens with zero attached hydrogens (tertiary/aromatic N) is 1. The first-order valence-electron chi connectivity index (χ1n) is 9.02. The second kappa shape index (κ2) is 7.78. The van der Waals surface area contributed by atoms with Crippen molar-refractivity contribution in [3.8, 4) is 10.6 Å². The van der Waals surface area contributed by atoms with Gasteiger partial charge in [0.15, 0.2) is 0 Å². The van der Waals surface area contributed by atoms with Crippen molar-refractivity contribution >= 4 is 28.1 Å². The van der Waals surface area contributed by atoms with Crippen LogP contribution in [0.3, 0.4) is 0 Å². The number of H-pyrrole nitrogens is 1. The van der Waals surface area contributed by atoms with E-state index in [4.69, 9.17) is 0 Å². The number of hydrogen-bond donors (Lipinski definition) is 2.